The van der Waals surface area contributed by atoms with E-state index in [1.165, 1.54) is 0 Å². The van der Waals surface area contributed by atoms with E-state index in [-0.39, 0.29) is 11.9 Å². The molecular weight excluding hydrogens is 364 g/mol. The first-order valence-electron chi connectivity index (χ1n) is 10.1. The number of hydrogen-bond donors (Lipinski definition) is 1. The molecule has 0 aliphatic carbocycles. The van der Waals surface area contributed by atoms with Gasteiger partial charge in [-0.3, -0.25) is 14.7 Å². The third kappa shape index (κ3) is 4.54. The molecule has 3 aromatic rings. The molecule has 4 rings (SSSR count). The second kappa shape index (κ2) is 9.01. The second-order valence-corrected chi connectivity index (χ2v) is 7.35. The summed E-state index contributed by atoms with van der Waals surface area (Å²) in [6.07, 6.45) is 5.76. The molecule has 1 atom stereocenters. The number of ether oxygens (including phenoxy) is 1. The lowest BCUT2D eigenvalue weighted by atomic mass is 10.1. The lowest BCUT2D eigenvalue weighted by Crippen LogP contribution is -2.40. The zero-order chi connectivity index (χ0) is 20.1. The van der Waals surface area contributed by atoms with Crippen molar-refractivity contribution in [1.29, 1.82) is 0 Å². The Hall–Kier alpha value is -2.99. The first-order chi connectivity index (χ1) is 14.2. The number of aromatic nitrogens is 2. The molecule has 150 valence electrons. The van der Waals surface area contributed by atoms with Crippen LogP contribution in [0, 0.1) is 6.92 Å². The molecule has 1 aromatic carbocycles. The fourth-order valence-corrected chi connectivity index (χ4v) is 3.83. The van der Waals surface area contributed by atoms with E-state index in [1.807, 2.05) is 49.4 Å². The minimum atomic E-state index is -0.298. The maximum absolute atomic E-state index is 13.0. The molecule has 1 saturated heterocycles. The molecule has 0 radical (unpaired) electrons. The SMILES string of the molecule is Cc1ccc2cccc(OCCNC(=O)C(c3cccnc3)N3CCCC3)c2n1. The number of benzene rings is 1. The highest BCUT2D eigenvalue weighted by Gasteiger charge is 2.29. The topological polar surface area (TPSA) is 67.3 Å². The standard InChI is InChI=1S/C23H26N4O2/c1-17-9-10-18-6-4-8-20(21(18)26-17)29-15-12-25-23(28)22(27-13-2-3-14-27)19-7-5-11-24-16-19/h4-11,16,22H,2-3,12-15H2,1H3,(H,25,28). The predicted octanol–water partition coefficient (Wildman–Crippen LogP) is 3.27. The maximum atomic E-state index is 13.0. The van der Waals surface area contributed by atoms with E-state index >= 15 is 0 Å². The Labute approximate surface area is 170 Å². The number of rotatable bonds is 7. The number of nitrogens with zero attached hydrogens (tertiary/aromatic N) is 3. The van der Waals surface area contributed by atoms with Gasteiger partial charge in [-0.2, -0.15) is 0 Å². The Bertz CT molecular complexity index is 971. The molecule has 0 bridgehead atoms. The van der Waals surface area contributed by atoms with Crippen molar-refractivity contribution in [3.8, 4) is 5.75 Å². The summed E-state index contributed by atoms with van der Waals surface area (Å²) >= 11 is 0. The first-order valence-corrected chi connectivity index (χ1v) is 10.1. The van der Waals surface area contributed by atoms with Gasteiger partial charge in [-0.1, -0.05) is 24.3 Å². The smallest absolute Gasteiger partial charge is 0.242 e. The summed E-state index contributed by atoms with van der Waals surface area (Å²) in [5.74, 6) is 0.735. The normalized spacial score (nSPS) is 15.3. The van der Waals surface area contributed by atoms with Crippen LogP contribution in [-0.2, 0) is 4.79 Å². The number of carbonyl (C=O) groups excluding carboxylic acids is 1. The molecule has 0 spiro atoms. The van der Waals surface area contributed by atoms with Crippen molar-refractivity contribution in [2.75, 3.05) is 26.2 Å². The molecule has 1 unspecified atom stereocenters. The van der Waals surface area contributed by atoms with Crippen LogP contribution in [0.2, 0.25) is 0 Å². The Morgan fingerprint density at radius 1 is 1.17 bits per heavy atom. The van der Waals surface area contributed by atoms with Gasteiger partial charge in [0.25, 0.3) is 0 Å². The number of aryl methyl sites for hydroxylation is 1. The quantitative estimate of drug-likeness (QED) is 0.627. The summed E-state index contributed by atoms with van der Waals surface area (Å²) in [5.41, 5.74) is 2.73. The third-order valence-electron chi connectivity index (χ3n) is 5.24. The minimum absolute atomic E-state index is 0.00427. The van der Waals surface area contributed by atoms with Gasteiger partial charge in [-0.05, 0) is 56.6 Å². The van der Waals surface area contributed by atoms with E-state index in [1.54, 1.807) is 12.4 Å². The van der Waals surface area contributed by atoms with E-state index < -0.39 is 0 Å². The van der Waals surface area contributed by atoms with Gasteiger partial charge < -0.3 is 10.1 Å². The molecule has 1 N–H and O–H groups in total. The summed E-state index contributed by atoms with van der Waals surface area (Å²) in [5, 5.41) is 4.08. The molecule has 1 aliphatic rings. The number of carbonyl (C=O) groups is 1. The molecule has 3 heterocycles. The molecule has 2 aromatic heterocycles. The summed E-state index contributed by atoms with van der Waals surface area (Å²) < 4.78 is 5.93. The number of para-hydroxylation sites is 1. The van der Waals surface area contributed by atoms with E-state index in [4.69, 9.17) is 4.74 Å². The van der Waals surface area contributed by atoms with Crippen molar-refractivity contribution in [3.63, 3.8) is 0 Å². The summed E-state index contributed by atoms with van der Waals surface area (Å²) in [6, 6.07) is 13.5. The lowest BCUT2D eigenvalue weighted by molar-refractivity contribution is -0.126. The largest absolute Gasteiger partial charge is 0.489 e. The Kier molecular flexibility index (Phi) is 6.00. The van der Waals surface area contributed by atoms with E-state index in [2.05, 4.69) is 20.2 Å². The Morgan fingerprint density at radius 2 is 2.03 bits per heavy atom. The van der Waals surface area contributed by atoms with Crippen LogP contribution in [0.25, 0.3) is 10.9 Å². The lowest BCUT2D eigenvalue weighted by Gasteiger charge is -2.26. The van der Waals surface area contributed by atoms with Crippen molar-refractivity contribution in [2.45, 2.75) is 25.8 Å². The van der Waals surface area contributed by atoms with Crippen LogP contribution in [0.4, 0.5) is 0 Å². The molecular formula is C23H26N4O2. The van der Waals surface area contributed by atoms with Crippen LogP contribution in [-0.4, -0.2) is 47.0 Å². The molecule has 1 amide bonds. The highest BCUT2D eigenvalue weighted by Crippen LogP contribution is 2.25. The number of fused-ring (bicyclic) bond motifs is 1. The molecule has 6 nitrogen and oxygen atoms in total. The van der Waals surface area contributed by atoms with Gasteiger partial charge in [0.05, 0.1) is 6.54 Å². The molecule has 1 aliphatic heterocycles. The van der Waals surface area contributed by atoms with Gasteiger partial charge >= 0.3 is 0 Å². The summed E-state index contributed by atoms with van der Waals surface area (Å²) in [4.78, 5) is 24.0. The van der Waals surface area contributed by atoms with E-state index in [0.29, 0.717) is 13.2 Å². The Morgan fingerprint density at radius 3 is 2.83 bits per heavy atom. The van der Waals surface area contributed by atoms with Gasteiger partial charge in [0.2, 0.25) is 5.91 Å². The molecule has 29 heavy (non-hydrogen) atoms. The first kappa shape index (κ1) is 19.3. The number of amides is 1. The third-order valence-corrected chi connectivity index (χ3v) is 5.24. The van der Waals surface area contributed by atoms with Crippen LogP contribution in [0.5, 0.6) is 5.75 Å². The summed E-state index contributed by atoms with van der Waals surface area (Å²) in [7, 11) is 0. The fraction of sp³-hybridized carbons (Fsp3) is 0.348. The number of pyridine rings is 2. The van der Waals surface area contributed by atoms with Crippen LogP contribution in [0.3, 0.4) is 0 Å². The predicted molar refractivity (Wildman–Crippen MR) is 113 cm³/mol. The van der Waals surface area contributed by atoms with Gasteiger partial charge in [0, 0.05) is 23.5 Å². The average molecular weight is 390 g/mol. The number of likely N-dealkylation sites (tertiary alicyclic amines) is 1. The zero-order valence-electron chi connectivity index (χ0n) is 16.7. The molecule has 1 fully saturated rings. The van der Waals surface area contributed by atoms with Crippen molar-refractivity contribution in [1.82, 2.24) is 20.2 Å². The maximum Gasteiger partial charge on any atom is 0.242 e. The Balaban J connectivity index is 1.38. The van der Waals surface area contributed by atoms with Gasteiger partial charge in [0.15, 0.2) is 0 Å². The average Bonchev–Trinajstić information content (AvgIpc) is 3.26. The van der Waals surface area contributed by atoms with Crippen molar-refractivity contribution >= 4 is 16.8 Å². The van der Waals surface area contributed by atoms with Crippen molar-refractivity contribution < 1.29 is 9.53 Å². The highest BCUT2D eigenvalue weighted by molar-refractivity contribution is 5.84. The van der Waals surface area contributed by atoms with Crippen molar-refractivity contribution in [2.24, 2.45) is 0 Å². The van der Waals surface area contributed by atoms with Gasteiger partial charge in [-0.15, -0.1) is 0 Å². The molecule has 0 saturated carbocycles. The zero-order valence-corrected chi connectivity index (χ0v) is 16.7. The fourth-order valence-electron chi connectivity index (χ4n) is 3.83. The van der Waals surface area contributed by atoms with Gasteiger partial charge in [0.1, 0.15) is 23.9 Å². The number of hydrogen-bond acceptors (Lipinski definition) is 5. The van der Waals surface area contributed by atoms with Crippen molar-refractivity contribution in [3.05, 3.63) is 66.1 Å². The van der Waals surface area contributed by atoms with Crippen LogP contribution in [0.1, 0.15) is 30.1 Å². The monoisotopic (exact) mass is 390 g/mol. The van der Waals surface area contributed by atoms with Gasteiger partial charge in [-0.25, -0.2) is 4.98 Å². The van der Waals surface area contributed by atoms with Crippen LogP contribution in [0.15, 0.2) is 54.9 Å². The van der Waals surface area contributed by atoms with E-state index in [0.717, 1.165) is 53.8 Å². The van der Waals surface area contributed by atoms with E-state index in [9.17, 15) is 4.79 Å². The molecule has 6 heteroatoms. The number of nitrogens with one attached hydrogen (secondary N) is 1. The highest BCUT2D eigenvalue weighted by atomic mass is 16.5. The minimum Gasteiger partial charge on any atom is -0.489 e. The second-order valence-electron chi connectivity index (χ2n) is 7.35. The van der Waals surface area contributed by atoms with Crippen LogP contribution < -0.4 is 10.1 Å². The summed E-state index contributed by atoms with van der Waals surface area (Å²) in [6.45, 7) is 4.66. The van der Waals surface area contributed by atoms with Crippen LogP contribution >= 0.6 is 0 Å².